The lowest BCUT2D eigenvalue weighted by molar-refractivity contribution is -0.0111. The highest BCUT2D eigenvalue weighted by atomic mass is 15.2. The van der Waals surface area contributed by atoms with Gasteiger partial charge in [0.1, 0.15) is 0 Å². The summed E-state index contributed by atoms with van der Waals surface area (Å²) < 4.78 is 0. The van der Waals surface area contributed by atoms with E-state index in [1.54, 1.807) is 0 Å². The van der Waals surface area contributed by atoms with Crippen molar-refractivity contribution in [2.75, 3.05) is 13.6 Å². The Kier molecular flexibility index (Phi) is 5.67. The first-order chi connectivity index (χ1) is 8.41. The Hall–Kier alpha value is -0.0800. The van der Waals surface area contributed by atoms with Gasteiger partial charge in [-0.3, -0.25) is 4.90 Å². The Labute approximate surface area is 114 Å². The van der Waals surface area contributed by atoms with Crippen LogP contribution in [0.25, 0.3) is 0 Å². The van der Waals surface area contributed by atoms with Crippen molar-refractivity contribution >= 4 is 0 Å². The van der Waals surface area contributed by atoms with E-state index < -0.39 is 0 Å². The number of likely N-dealkylation sites (N-methyl/N-ethyl adjacent to an activating group) is 1. The summed E-state index contributed by atoms with van der Waals surface area (Å²) >= 11 is 0. The molecule has 1 saturated carbocycles. The average molecular weight is 254 g/mol. The number of hydrogen-bond acceptors (Lipinski definition) is 2. The second-order valence-corrected chi connectivity index (χ2v) is 6.89. The molecule has 1 aliphatic carbocycles. The van der Waals surface area contributed by atoms with E-state index in [2.05, 4.69) is 39.6 Å². The fourth-order valence-electron chi connectivity index (χ4n) is 3.47. The molecule has 0 aromatic carbocycles. The molecule has 0 aromatic heterocycles. The summed E-state index contributed by atoms with van der Waals surface area (Å²) in [6, 6.07) is 0. The number of hydrogen-bond donors (Lipinski definition) is 1. The van der Waals surface area contributed by atoms with Crippen LogP contribution in [0, 0.1) is 5.92 Å². The topological polar surface area (TPSA) is 29.3 Å². The zero-order chi connectivity index (χ0) is 13.8. The van der Waals surface area contributed by atoms with Gasteiger partial charge < -0.3 is 5.73 Å². The second-order valence-electron chi connectivity index (χ2n) is 6.89. The van der Waals surface area contributed by atoms with E-state index in [0.29, 0.717) is 0 Å². The van der Waals surface area contributed by atoms with E-state index in [9.17, 15) is 0 Å². The summed E-state index contributed by atoms with van der Waals surface area (Å²) in [5.74, 6) is 0.952. The quantitative estimate of drug-likeness (QED) is 0.781. The fourth-order valence-corrected chi connectivity index (χ4v) is 3.47. The third kappa shape index (κ3) is 3.27. The molecule has 0 radical (unpaired) electrons. The van der Waals surface area contributed by atoms with E-state index in [4.69, 9.17) is 5.73 Å². The lowest BCUT2D eigenvalue weighted by Gasteiger charge is -2.52. The van der Waals surface area contributed by atoms with Crippen LogP contribution in [-0.2, 0) is 0 Å². The predicted molar refractivity (Wildman–Crippen MR) is 80.8 cm³/mol. The largest absolute Gasteiger partial charge is 0.329 e. The molecule has 108 valence electrons. The van der Waals surface area contributed by atoms with Crippen molar-refractivity contribution in [3.05, 3.63) is 0 Å². The standard InChI is InChI=1S/C16H34N2/c1-6-8-14-9-11-16(13-17,12-10-14)18(5)15(3,4)7-2/h14H,6-13,17H2,1-5H3. The predicted octanol–water partition coefficient (Wildman–Crippen LogP) is 3.79. The van der Waals surface area contributed by atoms with Gasteiger partial charge in [0.25, 0.3) is 0 Å². The molecule has 1 rings (SSSR count). The maximum atomic E-state index is 6.17. The Morgan fingerprint density at radius 3 is 2.17 bits per heavy atom. The molecule has 2 nitrogen and oxygen atoms in total. The van der Waals surface area contributed by atoms with Gasteiger partial charge >= 0.3 is 0 Å². The highest BCUT2D eigenvalue weighted by Gasteiger charge is 2.42. The van der Waals surface area contributed by atoms with Crippen LogP contribution in [0.2, 0.25) is 0 Å². The number of rotatable bonds is 6. The van der Waals surface area contributed by atoms with Gasteiger partial charge in [-0.25, -0.2) is 0 Å². The molecule has 0 amide bonds. The Balaban J connectivity index is 2.71. The first-order valence-electron chi connectivity index (χ1n) is 7.86. The van der Waals surface area contributed by atoms with E-state index in [0.717, 1.165) is 12.5 Å². The van der Waals surface area contributed by atoms with Crippen LogP contribution in [0.1, 0.15) is 72.6 Å². The molecule has 0 saturated heterocycles. The lowest BCUT2D eigenvalue weighted by atomic mass is 9.72. The normalized spacial score (nSPS) is 29.8. The zero-order valence-electron chi connectivity index (χ0n) is 13.3. The SMILES string of the molecule is CCCC1CCC(CN)(N(C)C(C)(C)CC)CC1. The highest BCUT2D eigenvalue weighted by molar-refractivity contribution is 4.99. The van der Waals surface area contributed by atoms with Gasteiger partial charge in [-0.1, -0.05) is 26.7 Å². The molecule has 2 N–H and O–H groups in total. The lowest BCUT2D eigenvalue weighted by Crippen LogP contribution is -2.61. The first-order valence-corrected chi connectivity index (χ1v) is 7.86. The fraction of sp³-hybridized carbons (Fsp3) is 1.00. The highest BCUT2D eigenvalue weighted by Crippen LogP contribution is 2.40. The van der Waals surface area contributed by atoms with Gasteiger partial charge in [-0.15, -0.1) is 0 Å². The molecule has 0 bridgehead atoms. The molecular formula is C16H34N2. The summed E-state index contributed by atoms with van der Waals surface area (Å²) in [5.41, 5.74) is 6.68. The minimum atomic E-state index is 0.254. The molecule has 1 aliphatic rings. The van der Waals surface area contributed by atoms with Gasteiger partial charge in [0.15, 0.2) is 0 Å². The summed E-state index contributed by atoms with van der Waals surface area (Å²) in [6.45, 7) is 10.1. The summed E-state index contributed by atoms with van der Waals surface area (Å²) in [5, 5.41) is 0. The monoisotopic (exact) mass is 254 g/mol. The molecule has 2 heteroatoms. The molecule has 0 aromatic rings. The summed E-state index contributed by atoms with van der Waals surface area (Å²) in [7, 11) is 2.29. The van der Waals surface area contributed by atoms with Crippen LogP contribution in [0.4, 0.5) is 0 Å². The van der Waals surface area contributed by atoms with Crippen LogP contribution in [0.15, 0.2) is 0 Å². The second kappa shape index (κ2) is 6.38. The molecule has 0 aliphatic heterocycles. The van der Waals surface area contributed by atoms with Crippen molar-refractivity contribution in [3.8, 4) is 0 Å². The number of nitrogens with two attached hydrogens (primary N) is 1. The molecule has 0 atom stereocenters. The van der Waals surface area contributed by atoms with E-state index in [-0.39, 0.29) is 11.1 Å². The maximum absolute atomic E-state index is 6.17. The van der Waals surface area contributed by atoms with Crippen LogP contribution >= 0.6 is 0 Å². The third-order valence-electron chi connectivity index (χ3n) is 5.60. The van der Waals surface area contributed by atoms with Gasteiger partial charge in [0.05, 0.1) is 0 Å². The molecule has 18 heavy (non-hydrogen) atoms. The Morgan fingerprint density at radius 2 is 1.78 bits per heavy atom. The van der Waals surface area contributed by atoms with Gasteiger partial charge in [-0.05, 0) is 58.9 Å². The molecule has 0 heterocycles. The minimum Gasteiger partial charge on any atom is -0.329 e. The van der Waals surface area contributed by atoms with Crippen molar-refractivity contribution in [2.24, 2.45) is 11.7 Å². The first kappa shape index (κ1) is 16.0. The molecular weight excluding hydrogens is 220 g/mol. The molecule has 0 spiro atoms. The molecule has 1 fully saturated rings. The van der Waals surface area contributed by atoms with Crippen LogP contribution in [0.3, 0.4) is 0 Å². The maximum Gasteiger partial charge on any atom is 0.0334 e. The van der Waals surface area contributed by atoms with Gasteiger partial charge in [-0.2, -0.15) is 0 Å². The van der Waals surface area contributed by atoms with Crippen molar-refractivity contribution in [1.82, 2.24) is 4.90 Å². The van der Waals surface area contributed by atoms with Crippen molar-refractivity contribution in [3.63, 3.8) is 0 Å². The van der Waals surface area contributed by atoms with Gasteiger partial charge in [0, 0.05) is 17.6 Å². The van der Waals surface area contributed by atoms with Crippen molar-refractivity contribution < 1.29 is 0 Å². The third-order valence-corrected chi connectivity index (χ3v) is 5.60. The number of nitrogens with zero attached hydrogens (tertiary/aromatic N) is 1. The van der Waals surface area contributed by atoms with Crippen LogP contribution < -0.4 is 5.73 Å². The van der Waals surface area contributed by atoms with Crippen molar-refractivity contribution in [2.45, 2.75) is 83.7 Å². The zero-order valence-corrected chi connectivity index (χ0v) is 13.3. The Bertz CT molecular complexity index is 239. The Morgan fingerprint density at radius 1 is 1.22 bits per heavy atom. The van der Waals surface area contributed by atoms with Crippen LogP contribution in [0.5, 0.6) is 0 Å². The van der Waals surface area contributed by atoms with E-state index in [1.165, 1.54) is 44.9 Å². The van der Waals surface area contributed by atoms with Crippen LogP contribution in [-0.4, -0.2) is 29.6 Å². The van der Waals surface area contributed by atoms with E-state index in [1.807, 2.05) is 0 Å². The average Bonchev–Trinajstić information content (AvgIpc) is 2.39. The van der Waals surface area contributed by atoms with Crippen molar-refractivity contribution in [1.29, 1.82) is 0 Å². The minimum absolute atomic E-state index is 0.254. The smallest absolute Gasteiger partial charge is 0.0334 e. The summed E-state index contributed by atoms with van der Waals surface area (Å²) in [6.07, 6.45) is 9.23. The van der Waals surface area contributed by atoms with Gasteiger partial charge in [0.2, 0.25) is 0 Å². The summed E-state index contributed by atoms with van der Waals surface area (Å²) in [4.78, 5) is 2.59. The van der Waals surface area contributed by atoms with E-state index >= 15 is 0 Å². The molecule has 0 unspecified atom stereocenters.